The van der Waals surface area contributed by atoms with E-state index < -0.39 is 0 Å². The van der Waals surface area contributed by atoms with Gasteiger partial charge < -0.3 is 9.47 Å². The Labute approximate surface area is 105 Å². The van der Waals surface area contributed by atoms with Gasteiger partial charge in [-0.1, -0.05) is 38.7 Å². The fraction of sp³-hybridized carbons (Fsp3) is 0.600. The van der Waals surface area contributed by atoms with E-state index in [4.69, 9.17) is 9.47 Å². The Kier molecular flexibility index (Phi) is 6.06. The molecule has 17 heavy (non-hydrogen) atoms. The molecule has 1 rings (SSSR count). The van der Waals surface area contributed by atoms with Crippen LogP contribution in [-0.4, -0.2) is 20.3 Å². The zero-order chi connectivity index (χ0) is 12.7. The van der Waals surface area contributed by atoms with Crippen molar-refractivity contribution in [2.75, 3.05) is 20.3 Å². The molecule has 0 aromatic heterocycles. The van der Waals surface area contributed by atoms with Gasteiger partial charge >= 0.3 is 0 Å². The van der Waals surface area contributed by atoms with Crippen LogP contribution in [0.15, 0.2) is 36.1 Å². The Morgan fingerprint density at radius 1 is 1.53 bits per heavy atom. The van der Waals surface area contributed by atoms with E-state index in [-0.39, 0.29) is 0 Å². The number of ether oxygens (including phenoxy) is 2. The number of hydrogen-bond donors (Lipinski definition) is 0. The highest BCUT2D eigenvalue weighted by Gasteiger charge is 2.12. The monoisotopic (exact) mass is 236 g/mol. The minimum atomic E-state index is 0.629. The predicted molar refractivity (Wildman–Crippen MR) is 71.8 cm³/mol. The summed E-state index contributed by atoms with van der Waals surface area (Å²) < 4.78 is 10.6. The minimum absolute atomic E-state index is 0.629. The number of methoxy groups -OCH3 is 1. The summed E-state index contributed by atoms with van der Waals surface area (Å²) in [4.78, 5) is 0. The van der Waals surface area contributed by atoms with Gasteiger partial charge in [-0.2, -0.15) is 0 Å². The van der Waals surface area contributed by atoms with E-state index in [1.54, 1.807) is 7.11 Å². The maximum Gasteiger partial charge on any atom is 0.112 e. The quantitative estimate of drug-likeness (QED) is 0.627. The standard InChI is InChI=1S/C15H24O2/c1-12(2)15-7-5-14(6-8-15)11-17-13(3)9-10-16-4/h5-7,12,15H,3,8-11H2,1-2,4H3. The molecule has 0 saturated carbocycles. The van der Waals surface area contributed by atoms with Gasteiger partial charge in [0.25, 0.3) is 0 Å². The molecular weight excluding hydrogens is 212 g/mol. The summed E-state index contributed by atoms with van der Waals surface area (Å²) in [5.74, 6) is 2.18. The minimum Gasteiger partial charge on any atom is -0.494 e. The number of hydrogen-bond acceptors (Lipinski definition) is 2. The smallest absolute Gasteiger partial charge is 0.112 e. The average molecular weight is 236 g/mol. The zero-order valence-corrected chi connectivity index (χ0v) is 11.2. The average Bonchev–Trinajstić information content (AvgIpc) is 2.34. The van der Waals surface area contributed by atoms with Gasteiger partial charge in [-0.3, -0.25) is 0 Å². The third kappa shape index (κ3) is 5.22. The second-order valence-electron chi connectivity index (χ2n) is 4.85. The molecule has 0 fully saturated rings. The fourth-order valence-corrected chi connectivity index (χ4v) is 1.76. The summed E-state index contributed by atoms with van der Waals surface area (Å²) in [5.41, 5.74) is 1.25. The molecule has 2 heteroatoms. The summed E-state index contributed by atoms with van der Waals surface area (Å²) in [6.45, 7) is 9.69. The van der Waals surface area contributed by atoms with Crippen molar-refractivity contribution in [3.63, 3.8) is 0 Å². The molecule has 2 nitrogen and oxygen atoms in total. The van der Waals surface area contributed by atoms with Crippen LogP contribution in [0.25, 0.3) is 0 Å². The first-order chi connectivity index (χ1) is 8.13. The van der Waals surface area contributed by atoms with Crippen molar-refractivity contribution >= 4 is 0 Å². The lowest BCUT2D eigenvalue weighted by atomic mass is 9.88. The van der Waals surface area contributed by atoms with E-state index in [9.17, 15) is 0 Å². The van der Waals surface area contributed by atoms with Crippen LogP contribution >= 0.6 is 0 Å². The largest absolute Gasteiger partial charge is 0.494 e. The Morgan fingerprint density at radius 2 is 2.29 bits per heavy atom. The molecule has 0 aromatic rings. The van der Waals surface area contributed by atoms with Gasteiger partial charge in [0, 0.05) is 13.5 Å². The first-order valence-corrected chi connectivity index (χ1v) is 6.30. The molecule has 96 valence electrons. The van der Waals surface area contributed by atoms with Gasteiger partial charge in [-0.25, -0.2) is 0 Å². The van der Waals surface area contributed by atoms with E-state index >= 15 is 0 Å². The van der Waals surface area contributed by atoms with Crippen LogP contribution in [0.1, 0.15) is 26.7 Å². The van der Waals surface area contributed by atoms with Crippen LogP contribution in [0.2, 0.25) is 0 Å². The van der Waals surface area contributed by atoms with Crippen molar-refractivity contribution in [2.45, 2.75) is 26.7 Å². The Bertz CT molecular complexity index is 300. The van der Waals surface area contributed by atoms with Crippen LogP contribution in [0.5, 0.6) is 0 Å². The third-order valence-corrected chi connectivity index (χ3v) is 3.09. The highest BCUT2D eigenvalue weighted by Crippen LogP contribution is 2.23. The van der Waals surface area contributed by atoms with Crippen LogP contribution in [0, 0.1) is 11.8 Å². The van der Waals surface area contributed by atoms with E-state index in [1.165, 1.54) is 5.57 Å². The molecule has 0 N–H and O–H groups in total. The molecule has 1 atom stereocenters. The summed E-state index contributed by atoms with van der Waals surface area (Å²) in [6.07, 6.45) is 8.63. The first kappa shape index (κ1) is 14.0. The molecule has 0 amide bonds. The lowest BCUT2D eigenvalue weighted by Crippen LogP contribution is -2.09. The van der Waals surface area contributed by atoms with E-state index in [1.807, 2.05) is 0 Å². The Morgan fingerprint density at radius 3 is 2.82 bits per heavy atom. The van der Waals surface area contributed by atoms with Crippen LogP contribution in [0.4, 0.5) is 0 Å². The molecule has 0 aliphatic heterocycles. The van der Waals surface area contributed by atoms with Gasteiger partial charge in [0.2, 0.25) is 0 Å². The third-order valence-electron chi connectivity index (χ3n) is 3.09. The van der Waals surface area contributed by atoms with Crippen LogP contribution < -0.4 is 0 Å². The number of rotatable bonds is 7. The molecule has 0 spiro atoms. The summed E-state index contributed by atoms with van der Waals surface area (Å²) in [7, 11) is 1.69. The molecule has 0 heterocycles. The van der Waals surface area contributed by atoms with Gasteiger partial charge in [0.15, 0.2) is 0 Å². The van der Waals surface area contributed by atoms with Gasteiger partial charge in [-0.05, 0) is 23.8 Å². The molecular formula is C15H24O2. The van der Waals surface area contributed by atoms with Crippen LogP contribution in [-0.2, 0) is 9.47 Å². The van der Waals surface area contributed by atoms with E-state index in [0.717, 1.165) is 18.6 Å². The van der Waals surface area contributed by atoms with Crippen molar-refractivity contribution in [2.24, 2.45) is 11.8 Å². The molecule has 0 saturated heterocycles. The second kappa shape index (κ2) is 7.33. The van der Waals surface area contributed by atoms with Gasteiger partial charge in [-0.15, -0.1) is 0 Å². The Balaban J connectivity index is 2.26. The molecule has 0 bridgehead atoms. The van der Waals surface area contributed by atoms with Crippen molar-refractivity contribution in [1.82, 2.24) is 0 Å². The van der Waals surface area contributed by atoms with Crippen molar-refractivity contribution in [1.29, 1.82) is 0 Å². The summed E-state index contributed by atoms with van der Waals surface area (Å²) >= 11 is 0. The SMILES string of the molecule is C=C(CCOC)OCC1=CCC(C(C)C)C=C1. The molecule has 1 aliphatic carbocycles. The summed E-state index contributed by atoms with van der Waals surface area (Å²) in [5, 5.41) is 0. The van der Waals surface area contributed by atoms with Crippen molar-refractivity contribution in [3.05, 3.63) is 36.1 Å². The number of allylic oxidation sites excluding steroid dienone is 2. The lowest BCUT2D eigenvalue weighted by Gasteiger charge is -2.19. The predicted octanol–water partition coefficient (Wildman–Crippen LogP) is 3.71. The fourth-order valence-electron chi connectivity index (χ4n) is 1.76. The molecule has 1 unspecified atom stereocenters. The van der Waals surface area contributed by atoms with E-state index in [0.29, 0.717) is 25.0 Å². The first-order valence-electron chi connectivity index (χ1n) is 6.30. The van der Waals surface area contributed by atoms with Crippen LogP contribution in [0.3, 0.4) is 0 Å². The van der Waals surface area contributed by atoms with Crippen molar-refractivity contribution < 1.29 is 9.47 Å². The maximum absolute atomic E-state index is 5.59. The van der Waals surface area contributed by atoms with Crippen molar-refractivity contribution in [3.8, 4) is 0 Å². The summed E-state index contributed by atoms with van der Waals surface area (Å²) in [6, 6.07) is 0. The second-order valence-corrected chi connectivity index (χ2v) is 4.85. The maximum atomic E-state index is 5.59. The highest BCUT2D eigenvalue weighted by atomic mass is 16.5. The van der Waals surface area contributed by atoms with Gasteiger partial charge in [0.1, 0.15) is 6.61 Å². The Hall–Kier alpha value is -1.02. The normalized spacial score (nSPS) is 19.3. The molecule has 1 aliphatic rings. The zero-order valence-electron chi connectivity index (χ0n) is 11.2. The van der Waals surface area contributed by atoms with E-state index in [2.05, 4.69) is 38.7 Å². The molecule has 0 aromatic carbocycles. The van der Waals surface area contributed by atoms with Gasteiger partial charge in [0.05, 0.1) is 12.4 Å². The highest BCUT2D eigenvalue weighted by molar-refractivity contribution is 5.24. The molecule has 0 radical (unpaired) electrons. The topological polar surface area (TPSA) is 18.5 Å². The lowest BCUT2D eigenvalue weighted by molar-refractivity contribution is 0.167.